The number of aryl methyl sites for hydroxylation is 1. The summed E-state index contributed by atoms with van der Waals surface area (Å²) in [6, 6.07) is 3.57. The van der Waals surface area contributed by atoms with Crippen LogP contribution < -0.4 is 9.47 Å². The van der Waals surface area contributed by atoms with Crippen LogP contribution in [0.5, 0.6) is 11.5 Å². The van der Waals surface area contributed by atoms with Gasteiger partial charge in [-0.3, -0.25) is 4.79 Å². The first kappa shape index (κ1) is 21.5. The molecule has 6 heteroatoms. The summed E-state index contributed by atoms with van der Waals surface area (Å²) in [5.41, 5.74) is 0.332. The Morgan fingerprint density at radius 1 is 1.23 bits per heavy atom. The van der Waals surface area contributed by atoms with E-state index in [0.29, 0.717) is 23.7 Å². The van der Waals surface area contributed by atoms with Gasteiger partial charge in [0, 0.05) is 11.5 Å². The highest BCUT2D eigenvalue weighted by molar-refractivity contribution is 5.79. The number of allylic oxidation sites excluding steroid dienone is 1. The van der Waals surface area contributed by atoms with Crippen LogP contribution in [0.25, 0.3) is 0 Å². The summed E-state index contributed by atoms with van der Waals surface area (Å²) >= 11 is 0. The number of rotatable bonds is 9. The van der Waals surface area contributed by atoms with Gasteiger partial charge < -0.3 is 18.9 Å². The molecule has 1 unspecified atom stereocenters. The first-order chi connectivity index (χ1) is 12.2. The second-order valence-corrected chi connectivity index (χ2v) is 6.31. The predicted octanol–water partition coefficient (Wildman–Crippen LogP) is 3.56. The van der Waals surface area contributed by atoms with Gasteiger partial charge in [-0.15, -0.1) is 6.58 Å². The molecule has 0 aliphatic rings. The van der Waals surface area contributed by atoms with Crippen molar-refractivity contribution in [2.45, 2.75) is 45.6 Å². The minimum atomic E-state index is -1.19. The quantitative estimate of drug-likeness (QED) is 0.493. The molecule has 0 aliphatic heterocycles. The fourth-order valence-electron chi connectivity index (χ4n) is 2.56. The molecule has 6 nitrogen and oxygen atoms in total. The number of carbonyl (C=O) groups excluding carboxylic acids is 2. The predicted molar refractivity (Wildman–Crippen MR) is 98.6 cm³/mol. The van der Waals surface area contributed by atoms with Crippen LogP contribution in [0, 0.1) is 6.92 Å². The lowest BCUT2D eigenvalue weighted by molar-refractivity contribution is -0.156. The van der Waals surface area contributed by atoms with Gasteiger partial charge in [-0.25, -0.2) is 4.79 Å². The molecule has 0 amide bonds. The Hall–Kier alpha value is -2.50. The fraction of sp³-hybridized carbons (Fsp3) is 0.500. The Morgan fingerprint density at radius 3 is 2.38 bits per heavy atom. The number of hydrogen-bond acceptors (Lipinski definition) is 6. The van der Waals surface area contributed by atoms with Crippen molar-refractivity contribution >= 4 is 11.9 Å². The lowest BCUT2D eigenvalue weighted by Gasteiger charge is -2.27. The van der Waals surface area contributed by atoms with Gasteiger partial charge in [-0.1, -0.05) is 6.08 Å². The maximum atomic E-state index is 12.0. The van der Waals surface area contributed by atoms with Crippen LogP contribution >= 0.6 is 0 Å². The van der Waals surface area contributed by atoms with E-state index in [4.69, 9.17) is 18.9 Å². The Kier molecular flexibility index (Phi) is 7.68. The average molecular weight is 364 g/mol. The second kappa shape index (κ2) is 9.27. The van der Waals surface area contributed by atoms with Gasteiger partial charge in [0.05, 0.1) is 27.2 Å². The Morgan fingerprint density at radius 2 is 1.88 bits per heavy atom. The molecule has 0 bridgehead atoms. The molecule has 0 saturated carbocycles. The van der Waals surface area contributed by atoms with E-state index in [0.717, 1.165) is 5.56 Å². The van der Waals surface area contributed by atoms with E-state index in [2.05, 4.69) is 6.58 Å². The summed E-state index contributed by atoms with van der Waals surface area (Å²) in [7, 11) is 2.88. The Balaban J connectivity index is 3.35. The summed E-state index contributed by atoms with van der Waals surface area (Å²) in [5, 5.41) is 0. The van der Waals surface area contributed by atoms with Crippen molar-refractivity contribution in [3.05, 3.63) is 35.9 Å². The molecule has 0 saturated heterocycles. The Labute approximate surface area is 155 Å². The normalized spacial score (nSPS) is 12.1. The summed E-state index contributed by atoms with van der Waals surface area (Å²) in [6.45, 7) is 11.0. The summed E-state index contributed by atoms with van der Waals surface area (Å²) < 4.78 is 21.2. The number of ether oxygens (including phenoxy) is 4. The van der Waals surface area contributed by atoms with E-state index >= 15 is 0 Å². The number of esters is 2. The zero-order chi connectivity index (χ0) is 19.9. The zero-order valence-corrected chi connectivity index (χ0v) is 16.4. The third-order valence-corrected chi connectivity index (χ3v) is 3.95. The van der Waals surface area contributed by atoms with Crippen LogP contribution in [-0.4, -0.2) is 38.4 Å². The van der Waals surface area contributed by atoms with E-state index in [1.54, 1.807) is 46.1 Å². The number of methoxy groups -OCH3 is 2. The van der Waals surface area contributed by atoms with Gasteiger partial charge in [-0.05, 0) is 45.4 Å². The third kappa shape index (κ3) is 5.25. The van der Waals surface area contributed by atoms with Gasteiger partial charge in [0.2, 0.25) is 0 Å². The molecule has 1 aromatic rings. The summed E-state index contributed by atoms with van der Waals surface area (Å²) in [4.78, 5) is 23.9. The highest BCUT2D eigenvalue weighted by Gasteiger charge is 2.33. The lowest BCUT2D eigenvalue weighted by atomic mass is 9.93. The van der Waals surface area contributed by atoms with Crippen molar-refractivity contribution in [2.75, 3.05) is 20.8 Å². The smallest absolute Gasteiger partial charge is 0.349 e. The fourth-order valence-corrected chi connectivity index (χ4v) is 2.56. The molecular weight excluding hydrogens is 336 g/mol. The van der Waals surface area contributed by atoms with Crippen LogP contribution in [0.15, 0.2) is 24.8 Å². The van der Waals surface area contributed by atoms with Crippen LogP contribution in [0.4, 0.5) is 0 Å². The molecule has 1 rings (SSSR count). The molecule has 1 aromatic carbocycles. The van der Waals surface area contributed by atoms with Gasteiger partial charge >= 0.3 is 11.9 Å². The van der Waals surface area contributed by atoms with Crippen molar-refractivity contribution < 1.29 is 28.5 Å². The van der Waals surface area contributed by atoms with E-state index in [-0.39, 0.29) is 18.3 Å². The molecule has 0 heterocycles. The molecule has 144 valence electrons. The first-order valence-electron chi connectivity index (χ1n) is 8.44. The van der Waals surface area contributed by atoms with E-state index in [1.807, 2.05) is 6.92 Å². The summed E-state index contributed by atoms with van der Waals surface area (Å²) in [5.74, 6) is -0.0774. The molecule has 0 radical (unpaired) electrons. The molecule has 26 heavy (non-hydrogen) atoms. The van der Waals surface area contributed by atoms with E-state index in [9.17, 15) is 9.59 Å². The van der Waals surface area contributed by atoms with Crippen molar-refractivity contribution in [1.29, 1.82) is 0 Å². The molecule has 0 aromatic heterocycles. The van der Waals surface area contributed by atoms with E-state index < -0.39 is 11.6 Å². The van der Waals surface area contributed by atoms with Gasteiger partial charge in [-0.2, -0.15) is 0 Å². The highest BCUT2D eigenvalue weighted by atomic mass is 16.6. The standard InChI is InChI=1S/C20H28O6/c1-8-14(11-18(21)25-9-2)15-12-16(23-6)13(3)10-17(15)26-20(4,5)19(22)24-7/h8,10,12,14H,1,9,11H2,2-7H3. The minimum Gasteiger partial charge on any atom is -0.496 e. The number of benzene rings is 1. The lowest BCUT2D eigenvalue weighted by Crippen LogP contribution is -2.39. The zero-order valence-electron chi connectivity index (χ0n) is 16.4. The molecule has 0 fully saturated rings. The molecule has 0 spiro atoms. The van der Waals surface area contributed by atoms with Gasteiger partial charge in [0.15, 0.2) is 5.60 Å². The largest absolute Gasteiger partial charge is 0.496 e. The van der Waals surface area contributed by atoms with Crippen molar-refractivity contribution in [3.63, 3.8) is 0 Å². The molecule has 0 aliphatic carbocycles. The van der Waals surface area contributed by atoms with Crippen LogP contribution in [-0.2, 0) is 19.1 Å². The maximum Gasteiger partial charge on any atom is 0.349 e. The summed E-state index contributed by atoms with van der Waals surface area (Å²) in [6.07, 6.45) is 1.76. The van der Waals surface area contributed by atoms with Crippen LogP contribution in [0.2, 0.25) is 0 Å². The monoisotopic (exact) mass is 364 g/mol. The highest BCUT2D eigenvalue weighted by Crippen LogP contribution is 2.37. The topological polar surface area (TPSA) is 71.1 Å². The number of hydrogen-bond donors (Lipinski definition) is 0. The van der Waals surface area contributed by atoms with Gasteiger partial charge in [0.1, 0.15) is 11.5 Å². The first-order valence-corrected chi connectivity index (χ1v) is 8.44. The third-order valence-electron chi connectivity index (χ3n) is 3.95. The van der Waals surface area contributed by atoms with Crippen molar-refractivity contribution in [2.24, 2.45) is 0 Å². The Bertz CT molecular complexity index is 663. The van der Waals surface area contributed by atoms with Crippen molar-refractivity contribution in [3.8, 4) is 11.5 Å². The molecule has 1 atom stereocenters. The SMILES string of the molecule is C=CC(CC(=O)OCC)c1cc(OC)c(C)cc1OC(C)(C)C(=O)OC. The van der Waals surface area contributed by atoms with Crippen LogP contribution in [0.3, 0.4) is 0 Å². The van der Waals surface area contributed by atoms with Crippen molar-refractivity contribution in [1.82, 2.24) is 0 Å². The minimum absolute atomic E-state index is 0.110. The molecular formula is C20H28O6. The number of carbonyl (C=O) groups is 2. The average Bonchev–Trinajstić information content (AvgIpc) is 2.59. The van der Waals surface area contributed by atoms with E-state index in [1.165, 1.54) is 7.11 Å². The second-order valence-electron chi connectivity index (χ2n) is 6.31. The van der Waals surface area contributed by atoms with Gasteiger partial charge in [0.25, 0.3) is 0 Å². The molecule has 0 N–H and O–H groups in total. The van der Waals surface area contributed by atoms with Crippen LogP contribution in [0.1, 0.15) is 44.2 Å². The maximum absolute atomic E-state index is 12.0.